The number of rotatable bonds is 8. The molecule has 0 spiro atoms. The molecule has 0 aliphatic heterocycles. The van der Waals surface area contributed by atoms with Crippen molar-refractivity contribution in [3.63, 3.8) is 0 Å². The predicted molar refractivity (Wildman–Crippen MR) is 81.1 cm³/mol. The van der Waals surface area contributed by atoms with E-state index in [1.165, 1.54) is 0 Å². The largest absolute Gasteiger partial charge is 0.465 e. The zero-order valence-corrected chi connectivity index (χ0v) is 13.2. The normalized spacial score (nSPS) is 10.5. The fourth-order valence-electron chi connectivity index (χ4n) is 1.58. The van der Waals surface area contributed by atoms with Gasteiger partial charge in [-0.15, -0.1) is 0 Å². The van der Waals surface area contributed by atoms with Crippen LogP contribution >= 0.6 is 11.6 Å². The summed E-state index contributed by atoms with van der Waals surface area (Å²) in [7, 11) is 0. The van der Waals surface area contributed by atoms with Gasteiger partial charge in [0.15, 0.2) is 0 Å². The molecule has 21 heavy (non-hydrogen) atoms. The molecule has 0 aliphatic rings. The zero-order chi connectivity index (χ0) is 15.7. The van der Waals surface area contributed by atoms with Crippen molar-refractivity contribution < 1.29 is 19.1 Å². The number of halogens is 1. The molecule has 0 aliphatic carbocycles. The lowest BCUT2D eigenvalue weighted by Gasteiger charge is -2.08. The van der Waals surface area contributed by atoms with Gasteiger partial charge in [-0.05, 0) is 17.5 Å². The molecule has 0 heterocycles. The molecule has 0 amide bonds. The summed E-state index contributed by atoms with van der Waals surface area (Å²) >= 11 is 6.00. The van der Waals surface area contributed by atoms with E-state index >= 15 is 0 Å². The summed E-state index contributed by atoms with van der Waals surface area (Å²) in [6.45, 7) is 4.54. The van der Waals surface area contributed by atoms with Crippen molar-refractivity contribution >= 4 is 23.5 Å². The van der Waals surface area contributed by atoms with Gasteiger partial charge in [-0.25, -0.2) is 0 Å². The first-order chi connectivity index (χ1) is 9.99. The van der Waals surface area contributed by atoms with Gasteiger partial charge < -0.3 is 9.47 Å². The maximum Gasteiger partial charge on any atom is 0.306 e. The fraction of sp³-hybridized carbons (Fsp3) is 0.500. The molecule has 0 fully saturated rings. The minimum atomic E-state index is -0.399. The molecule has 0 atom stereocenters. The average molecular weight is 313 g/mol. The van der Waals surface area contributed by atoms with Gasteiger partial charge in [-0.1, -0.05) is 43.6 Å². The highest BCUT2D eigenvalue weighted by Gasteiger charge is 2.10. The van der Waals surface area contributed by atoms with E-state index in [-0.39, 0.29) is 31.3 Å². The lowest BCUT2D eigenvalue weighted by molar-refractivity contribution is -0.150. The first kappa shape index (κ1) is 17.5. The number of benzene rings is 1. The Morgan fingerprint density at radius 2 is 1.71 bits per heavy atom. The second-order valence-corrected chi connectivity index (χ2v) is 5.55. The van der Waals surface area contributed by atoms with Crippen LogP contribution in [0.2, 0.25) is 5.02 Å². The second kappa shape index (κ2) is 9.40. The summed E-state index contributed by atoms with van der Waals surface area (Å²) in [5, 5.41) is 0.658. The van der Waals surface area contributed by atoms with Crippen molar-refractivity contribution in [2.24, 2.45) is 5.92 Å². The Morgan fingerprint density at radius 3 is 2.33 bits per heavy atom. The Bertz CT molecular complexity index is 471. The third-order valence-electron chi connectivity index (χ3n) is 2.70. The van der Waals surface area contributed by atoms with Crippen LogP contribution in [-0.2, 0) is 25.5 Å². The average Bonchev–Trinajstić information content (AvgIpc) is 2.45. The third-order valence-corrected chi connectivity index (χ3v) is 3.07. The van der Waals surface area contributed by atoms with Gasteiger partial charge in [0.1, 0.15) is 0 Å². The van der Waals surface area contributed by atoms with Crippen LogP contribution in [0.3, 0.4) is 0 Å². The van der Waals surface area contributed by atoms with Crippen LogP contribution in [0, 0.1) is 5.92 Å². The smallest absolute Gasteiger partial charge is 0.306 e. The summed E-state index contributed by atoms with van der Waals surface area (Å²) in [5.74, 6) is -0.480. The molecule has 0 saturated carbocycles. The van der Waals surface area contributed by atoms with Crippen LogP contribution in [0.25, 0.3) is 0 Å². The number of ether oxygens (including phenoxy) is 2. The van der Waals surface area contributed by atoms with Crippen LogP contribution in [0.1, 0.15) is 32.3 Å². The maximum atomic E-state index is 11.5. The highest BCUT2D eigenvalue weighted by molar-refractivity contribution is 6.31. The van der Waals surface area contributed by atoms with Gasteiger partial charge >= 0.3 is 11.9 Å². The van der Waals surface area contributed by atoms with E-state index in [0.717, 1.165) is 5.56 Å². The van der Waals surface area contributed by atoms with E-state index in [4.69, 9.17) is 21.1 Å². The summed E-state index contributed by atoms with van der Waals surface area (Å²) in [6.07, 6.45) is 0.653. The van der Waals surface area contributed by atoms with Crippen molar-refractivity contribution in [2.75, 3.05) is 13.2 Å². The lowest BCUT2D eigenvalue weighted by Crippen LogP contribution is -2.13. The van der Waals surface area contributed by atoms with Crippen molar-refractivity contribution in [1.82, 2.24) is 0 Å². The van der Waals surface area contributed by atoms with Gasteiger partial charge in [0.2, 0.25) is 0 Å². The Balaban J connectivity index is 2.17. The monoisotopic (exact) mass is 312 g/mol. The van der Waals surface area contributed by atoms with Gasteiger partial charge in [-0.3, -0.25) is 9.59 Å². The highest BCUT2D eigenvalue weighted by Crippen LogP contribution is 2.15. The van der Waals surface area contributed by atoms with Crippen LogP contribution in [-0.4, -0.2) is 25.2 Å². The molecular weight excluding hydrogens is 292 g/mol. The second-order valence-electron chi connectivity index (χ2n) is 5.14. The standard InChI is InChI=1S/C16H21ClO4/c1-12(2)11-21-16(19)8-7-15(18)20-10-9-13-5-3-4-6-14(13)17/h3-6,12H,7-11H2,1-2H3. The molecule has 116 valence electrons. The van der Waals surface area contributed by atoms with E-state index in [0.29, 0.717) is 18.1 Å². The maximum absolute atomic E-state index is 11.5. The van der Waals surface area contributed by atoms with E-state index in [1.807, 2.05) is 32.0 Å². The van der Waals surface area contributed by atoms with Crippen LogP contribution < -0.4 is 0 Å². The minimum absolute atomic E-state index is 0.0411. The summed E-state index contributed by atoms with van der Waals surface area (Å²) in [6, 6.07) is 7.41. The molecular formula is C16H21ClO4. The molecule has 5 heteroatoms. The molecule has 1 aromatic rings. The van der Waals surface area contributed by atoms with Crippen LogP contribution in [0.5, 0.6) is 0 Å². The topological polar surface area (TPSA) is 52.6 Å². The number of carbonyl (C=O) groups is 2. The Hall–Kier alpha value is -1.55. The predicted octanol–water partition coefficient (Wildman–Crippen LogP) is 3.41. The highest BCUT2D eigenvalue weighted by atomic mass is 35.5. The molecule has 1 aromatic carbocycles. The van der Waals surface area contributed by atoms with Crippen molar-refractivity contribution in [3.8, 4) is 0 Å². The van der Waals surface area contributed by atoms with Crippen molar-refractivity contribution in [1.29, 1.82) is 0 Å². The van der Waals surface area contributed by atoms with Crippen molar-refractivity contribution in [2.45, 2.75) is 33.1 Å². The molecule has 0 bridgehead atoms. The summed E-state index contributed by atoms with van der Waals surface area (Å²) < 4.78 is 10.1. The molecule has 0 aromatic heterocycles. The summed E-state index contributed by atoms with van der Waals surface area (Å²) in [4.78, 5) is 22.8. The van der Waals surface area contributed by atoms with E-state index in [2.05, 4.69) is 0 Å². The van der Waals surface area contributed by atoms with Crippen LogP contribution in [0.15, 0.2) is 24.3 Å². The molecule has 0 N–H and O–H groups in total. The Kier molecular flexibility index (Phi) is 7.83. The third kappa shape index (κ3) is 7.71. The van der Waals surface area contributed by atoms with E-state index in [9.17, 15) is 9.59 Å². The van der Waals surface area contributed by atoms with Gasteiger partial charge in [0.05, 0.1) is 26.1 Å². The minimum Gasteiger partial charge on any atom is -0.465 e. The molecule has 0 unspecified atom stereocenters. The van der Waals surface area contributed by atoms with Gasteiger partial charge in [0, 0.05) is 11.4 Å². The zero-order valence-electron chi connectivity index (χ0n) is 12.4. The van der Waals surface area contributed by atoms with E-state index in [1.54, 1.807) is 6.07 Å². The van der Waals surface area contributed by atoms with E-state index < -0.39 is 5.97 Å². The SMILES string of the molecule is CC(C)COC(=O)CCC(=O)OCCc1ccccc1Cl. The van der Waals surface area contributed by atoms with Crippen LogP contribution in [0.4, 0.5) is 0 Å². The number of esters is 2. The van der Waals surface area contributed by atoms with Crippen molar-refractivity contribution in [3.05, 3.63) is 34.9 Å². The number of hydrogen-bond acceptors (Lipinski definition) is 4. The quantitative estimate of drug-likeness (QED) is 0.690. The lowest BCUT2D eigenvalue weighted by atomic mass is 10.2. The molecule has 1 rings (SSSR count). The molecule has 4 nitrogen and oxygen atoms in total. The Labute approximate surface area is 130 Å². The van der Waals surface area contributed by atoms with Gasteiger partial charge in [0.25, 0.3) is 0 Å². The molecule has 0 radical (unpaired) electrons. The number of hydrogen-bond donors (Lipinski definition) is 0. The summed E-state index contributed by atoms with van der Waals surface area (Å²) in [5.41, 5.74) is 0.934. The van der Waals surface area contributed by atoms with Gasteiger partial charge in [-0.2, -0.15) is 0 Å². The Morgan fingerprint density at radius 1 is 1.10 bits per heavy atom. The molecule has 0 saturated heterocycles. The first-order valence-corrected chi connectivity index (χ1v) is 7.41. The first-order valence-electron chi connectivity index (χ1n) is 7.03. The number of carbonyl (C=O) groups excluding carboxylic acids is 2. The fourth-order valence-corrected chi connectivity index (χ4v) is 1.81.